The number of hydrogen-bond donors (Lipinski definition) is 1. The average Bonchev–Trinajstić information content (AvgIpc) is 2.12. The highest BCUT2D eigenvalue weighted by Gasteiger charge is 2.04. The summed E-state index contributed by atoms with van der Waals surface area (Å²) in [6.45, 7) is 0. The molecule has 0 aliphatic carbocycles. The first-order valence-corrected chi connectivity index (χ1v) is 4.78. The minimum Gasteiger partial charge on any atom is -0.506 e. The largest absolute Gasteiger partial charge is 0.506 e. The van der Waals surface area contributed by atoms with Gasteiger partial charge in [-0.25, -0.2) is 4.98 Å². The predicted octanol–water partition coefficient (Wildman–Crippen LogP) is 3.36. The molecule has 0 saturated heterocycles. The number of aromatic nitrogens is 1. The fourth-order valence-corrected chi connectivity index (χ4v) is 1.79. The Morgan fingerprint density at radius 2 is 2.08 bits per heavy atom. The molecule has 0 aliphatic heterocycles. The van der Waals surface area contributed by atoms with Crippen LogP contribution in [0, 0.1) is 0 Å². The number of aromatic hydroxyl groups is 1. The van der Waals surface area contributed by atoms with Gasteiger partial charge in [0.15, 0.2) is 0 Å². The van der Waals surface area contributed by atoms with Crippen LogP contribution in [-0.4, -0.2) is 10.1 Å². The molecule has 0 radical (unpaired) electrons. The van der Waals surface area contributed by atoms with Gasteiger partial charge in [-0.2, -0.15) is 0 Å². The van der Waals surface area contributed by atoms with E-state index in [-0.39, 0.29) is 5.75 Å². The minimum atomic E-state index is 0.140. The van der Waals surface area contributed by atoms with Crippen molar-refractivity contribution in [3.05, 3.63) is 34.0 Å². The molecule has 0 aliphatic rings. The Hall–Kier alpha value is -0.800. The molecule has 0 unspecified atom stereocenters. The molecule has 0 atom stereocenters. The number of halogens is 2. The molecule has 2 nitrogen and oxygen atoms in total. The molecule has 2 aromatic rings. The van der Waals surface area contributed by atoms with Gasteiger partial charge in [0.05, 0.1) is 6.20 Å². The van der Waals surface area contributed by atoms with Gasteiger partial charge in [-0.1, -0.05) is 17.7 Å². The summed E-state index contributed by atoms with van der Waals surface area (Å²) in [6, 6.07) is 5.28. The van der Waals surface area contributed by atoms with E-state index in [1.807, 2.05) is 6.07 Å². The van der Waals surface area contributed by atoms with E-state index in [9.17, 15) is 5.11 Å². The van der Waals surface area contributed by atoms with Crippen LogP contribution in [0.3, 0.4) is 0 Å². The summed E-state index contributed by atoms with van der Waals surface area (Å²) in [6.07, 6.45) is 1.39. The fourth-order valence-electron chi connectivity index (χ4n) is 1.17. The van der Waals surface area contributed by atoms with E-state index >= 15 is 0 Å². The maximum Gasteiger partial charge on any atom is 0.141 e. The van der Waals surface area contributed by atoms with Gasteiger partial charge in [-0.15, -0.1) is 0 Å². The van der Waals surface area contributed by atoms with E-state index < -0.39 is 0 Å². The normalized spacial score (nSPS) is 10.6. The fraction of sp³-hybridized carbons (Fsp3) is 0. The molecule has 4 heteroatoms. The van der Waals surface area contributed by atoms with Crippen molar-refractivity contribution in [2.24, 2.45) is 0 Å². The van der Waals surface area contributed by atoms with Gasteiger partial charge in [0, 0.05) is 15.8 Å². The Labute approximate surface area is 88.3 Å². The van der Waals surface area contributed by atoms with Crippen LogP contribution in [0.4, 0.5) is 0 Å². The van der Waals surface area contributed by atoms with Crippen molar-refractivity contribution >= 4 is 38.3 Å². The molecule has 1 aromatic carbocycles. The predicted molar refractivity (Wildman–Crippen MR) is 56.1 cm³/mol. The second kappa shape index (κ2) is 3.16. The summed E-state index contributed by atoms with van der Waals surface area (Å²) in [4.78, 5) is 3.96. The molecule has 2 rings (SSSR count). The first-order valence-electron chi connectivity index (χ1n) is 3.61. The standard InChI is InChI=1S/C9H5BrClNO/c10-9-6-2-1-5(11)3-7(6)8(13)4-12-9/h1-4,13H. The molecule has 0 saturated carbocycles. The molecule has 0 amide bonds. The second-order valence-corrected chi connectivity index (χ2v) is 3.81. The van der Waals surface area contributed by atoms with E-state index in [2.05, 4.69) is 20.9 Å². The summed E-state index contributed by atoms with van der Waals surface area (Å²) in [5, 5.41) is 11.6. The zero-order chi connectivity index (χ0) is 9.42. The quantitative estimate of drug-likeness (QED) is 0.735. The SMILES string of the molecule is Oc1cnc(Br)c2ccc(Cl)cc12. The summed E-state index contributed by atoms with van der Waals surface area (Å²) < 4.78 is 0.706. The van der Waals surface area contributed by atoms with Crippen molar-refractivity contribution in [2.75, 3.05) is 0 Å². The first-order chi connectivity index (χ1) is 6.18. The average molecular weight is 259 g/mol. The van der Waals surface area contributed by atoms with E-state index in [1.54, 1.807) is 12.1 Å². The van der Waals surface area contributed by atoms with Crippen LogP contribution in [0.2, 0.25) is 5.02 Å². The van der Waals surface area contributed by atoms with Crippen molar-refractivity contribution < 1.29 is 5.11 Å². The number of pyridine rings is 1. The molecule has 0 bridgehead atoms. The van der Waals surface area contributed by atoms with Crippen LogP contribution in [0.25, 0.3) is 10.8 Å². The third-order valence-corrected chi connectivity index (χ3v) is 2.65. The van der Waals surface area contributed by atoms with E-state index in [0.717, 1.165) is 5.39 Å². The lowest BCUT2D eigenvalue weighted by atomic mass is 10.2. The van der Waals surface area contributed by atoms with Crippen molar-refractivity contribution in [3.8, 4) is 5.75 Å². The van der Waals surface area contributed by atoms with Gasteiger partial charge in [-0.05, 0) is 28.1 Å². The molecule has 1 aromatic heterocycles. The van der Waals surface area contributed by atoms with Gasteiger partial charge in [0.25, 0.3) is 0 Å². The summed E-state index contributed by atoms with van der Waals surface area (Å²) in [7, 11) is 0. The summed E-state index contributed by atoms with van der Waals surface area (Å²) in [5.41, 5.74) is 0. The summed E-state index contributed by atoms with van der Waals surface area (Å²) in [5.74, 6) is 0.140. The Bertz CT molecular complexity index is 472. The van der Waals surface area contributed by atoms with Crippen LogP contribution in [0.5, 0.6) is 5.75 Å². The number of benzene rings is 1. The van der Waals surface area contributed by atoms with Gasteiger partial charge >= 0.3 is 0 Å². The van der Waals surface area contributed by atoms with Crippen LogP contribution in [0.15, 0.2) is 29.0 Å². The molecule has 0 spiro atoms. The van der Waals surface area contributed by atoms with Crippen molar-refractivity contribution in [1.29, 1.82) is 0 Å². The van der Waals surface area contributed by atoms with E-state index in [0.29, 0.717) is 15.0 Å². The smallest absolute Gasteiger partial charge is 0.141 e. The lowest BCUT2D eigenvalue weighted by Crippen LogP contribution is -1.80. The molecule has 0 fully saturated rings. The van der Waals surface area contributed by atoms with Crippen LogP contribution in [0.1, 0.15) is 0 Å². The lowest BCUT2D eigenvalue weighted by molar-refractivity contribution is 0.479. The Morgan fingerprint density at radius 3 is 2.85 bits per heavy atom. The minimum absolute atomic E-state index is 0.140. The lowest BCUT2D eigenvalue weighted by Gasteiger charge is -2.02. The third kappa shape index (κ3) is 1.49. The van der Waals surface area contributed by atoms with Crippen LogP contribution in [-0.2, 0) is 0 Å². The Morgan fingerprint density at radius 1 is 1.31 bits per heavy atom. The Kier molecular flexibility index (Phi) is 2.14. The Balaban J connectivity index is 2.92. The summed E-state index contributed by atoms with van der Waals surface area (Å²) >= 11 is 9.09. The molecular weight excluding hydrogens is 253 g/mol. The third-order valence-electron chi connectivity index (χ3n) is 1.78. The zero-order valence-electron chi connectivity index (χ0n) is 6.46. The van der Waals surface area contributed by atoms with Gasteiger partial charge in [-0.3, -0.25) is 0 Å². The van der Waals surface area contributed by atoms with Gasteiger partial charge < -0.3 is 5.11 Å². The zero-order valence-corrected chi connectivity index (χ0v) is 8.80. The first kappa shape index (κ1) is 8.78. The topological polar surface area (TPSA) is 33.1 Å². The van der Waals surface area contributed by atoms with E-state index in [4.69, 9.17) is 11.6 Å². The van der Waals surface area contributed by atoms with Crippen molar-refractivity contribution in [3.63, 3.8) is 0 Å². The highest BCUT2D eigenvalue weighted by molar-refractivity contribution is 9.10. The highest BCUT2D eigenvalue weighted by atomic mass is 79.9. The monoisotopic (exact) mass is 257 g/mol. The number of nitrogens with zero attached hydrogens (tertiary/aromatic N) is 1. The number of fused-ring (bicyclic) bond motifs is 1. The maximum absolute atomic E-state index is 9.48. The highest BCUT2D eigenvalue weighted by Crippen LogP contribution is 2.30. The number of hydrogen-bond acceptors (Lipinski definition) is 2. The molecule has 13 heavy (non-hydrogen) atoms. The molecule has 1 heterocycles. The van der Waals surface area contributed by atoms with Gasteiger partial charge in [0.2, 0.25) is 0 Å². The van der Waals surface area contributed by atoms with Crippen molar-refractivity contribution in [1.82, 2.24) is 4.98 Å². The second-order valence-electron chi connectivity index (χ2n) is 2.62. The van der Waals surface area contributed by atoms with E-state index in [1.165, 1.54) is 6.20 Å². The van der Waals surface area contributed by atoms with Crippen molar-refractivity contribution in [2.45, 2.75) is 0 Å². The maximum atomic E-state index is 9.48. The molecule has 1 N–H and O–H groups in total. The molecular formula is C9H5BrClNO. The van der Waals surface area contributed by atoms with Gasteiger partial charge in [0.1, 0.15) is 10.4 Å². The number of rotatable bonds is 0. The van der Waals surface area contributed by atoms with Crippen LogP contribution >= 0.6 is 27.5 Å². The molecule has 66 valence electrons. The van der Waals surface area contributed by atoms with Crippen LogP contribution < -0.4 is 0 Å².